The van der Waals surface area contributed by atoms with E-state index in [1.807, 2.05) is 0 Å². The minimum atomic E-state index is -4.63. The summed E-state index contributed by atoms with van der Waals surface area (Å²) < 4.78 is 39.9. The highest BCUT2D eigenvalue weighted by atomic mass is 35.5. The number of hydrogen-bond donors (Lipinski definition) is 1. The van der Waals surface area contributed by atoms with Gasteiger partial charge in [-0.15, -0.1) is 25.6 Å². The van der Waals surface area contributed by atoms with Gasteiger partial charge >= 0.3 is 6.36 Å². The van der Waals surface area contributed by atoms with Gasteiger partial charge in [-0.2, -0.15) is 0 Å². The predicted molar refractivity (Wildman–Crippen MR) is 73.1 cm³/mol. The third-order valence-corrected chi connectivity index (χ3v) is 3.02. The van der Waals surface area contributed by atoms with Crippen molar-refractivity contribution in [2.24, 2.45) is 0 Å². The van der Waals surface area contributed by atoms with Crippen LogP contribution in [-0.2, 0) is 6.54 Å². The van der Waals surface area contributed by atoms with Gasteiger partial charge in [0.15, 0.2) is 0 Å². The van der Waals surface area contributed by atoms with Crippen LogP contribution in [0.5, 0.6) is 5.75 Å². The summed E-state index contributed by atoms with van der Waals surface area (Å²) in [6.07, 6.45) is -4.63. The van der Waals surface area contributed by atoms with Gasteiger partial charge in [-0.25, -0.2) is 0 Å². The maximum Gasteiger partial charge on any atom is 0.573 e. The summed E-state index contributed by atoms with van der Waals surface area (Å²) in [6.45, 7) is 5.70. The molecule has 0 aliphatic carbocycles. The standard InChI is InChI=1S/C13H17F3N2O.ClH/c1-10-8-18(7-6-17-10)9-11-2-4-12(5-3-11)19-13(14,15)16;/h2-5,10,17H,6-9H2,1H3;1H. The molecule has 7 heteroatoms. The lowest BCUT2D eigenvalue weighted by atomic mass is 10.1. The van der Waals surface area contributed by atoms with Crippen molar-refractivity contribution in [3.63, 3.8) is 0 Å². The molecular formula is C13H18ClF3N2O. The van der Waals surface area contributed by atoms with E-state index in [0.29, 0.717) is 6.04 Å². The van der Waals surface area contributed by atoms with Crippen LogP contribution < -0.4 is 10.1 Å². The SMILES string of the molecule is CC1CN(Cc2ccc(OC(F)(F)F)cc2)CCN1.Cl. The van der Waals surface area contributed by atoms with Gasteiger partial charge in [-0.1, -0.05) is 12.1 Å². The monoisotopic (exact) mass is 310 g/mol. The quantitative estimate of drug-likeness (QED) is 0.929. The van der Waals surface area contributed by atoms with E-state index in [1.165, 1.54) is 12.1 Å². The van der Waals surface area contributed by atoms with Crippen LogP contribution in [-0.4, -0.2) is 36.9 Å². The Morgan fingerprint density at radius 3 is 2.50 bits per heavy atom. The van der Waals surface area contributed by atoms with Gasteiger partial charge in [0, 0.05) is 32.2 Å². The molecule has 0 spiro atoms. The molecule has 0 radical (unpaired) electrons. The first-order valence-electron chi connectivity index (χ1n) is 6.23. The molecule has 1 saturated heterocycles. The van der Waals surface area contributed by atoms with Crippen LogP contribution in [0, 0.1) is 0 Å². The molecule has 0 amide bonds. The van der Waals surface area contributed by atoms with E-state index in [1.54, 1.807) is 12.1 Å². The van der Waals surface area contributed by atoms with Crippen molar-refractivity contribution < 1.29 is 17.9 Å². The molecule has 3 nitrogen and oxygen atoms in total. The number of rotatable bonds is 3. The highest BCUT2D eigenvalue weighted by Gasteiger charge is 2.30. The highest BCUT2D eigenvalue weighted by Crippen LogP contribution is 2.23. The largest absolute Gasteiger partial charge is 0.573 e. The van der Waals surface area contributed by atoms with Crippen molar-refractivity contribution in [1.29, 1.82) is 0 Å². The van der Waals surface area contributed by atoms with Crippen LogP contribution in [0.2, 0.25) is 0 Å². The Hall–Kier alpha value is -0.980. The summed E-state index contributed by atoms with van der Waals surface area (Å²) in [4.78, 5) is 2.28. The minimum absolute atomic E-state index is 0. The molecule has 1 unspecified atom stereocenters. The zero-order chi connectivity index (χ0) is 13.9. The van der Waals surface area contributed by atoms with Gasteiger partial charge in [-0.3, -0.25) is 4.90 Å². The van der Waals surface area contributed by atoms with Crippen LogP contribution >= 0.6 is 12.4 Å². The zero-order valence-electron chi connectivity index (χ0n) is 11.1. The number of ether oxygens (including phenoxy) is 1. The second-order valence-corrected chi connectivity index (χ2v) is 4.78. The lowest BCUT2D eigenvalue weighted by molar-refractivity contribution is -0.274. The topological polar surface area (TPSA) is 24.5 Å². The molecule has 1 atom stereocenters. The molecule has 0 bridgehead atoms. The van der Waals surface area contributed by atoms with E-state index in [-0.39, 0.29) is 18.2 Å². The third-order valence-electron chi connectivity index (χ3n) is 3.02. The first-order chi connectivity index (χ1) is 8.92. The number of alkyl halides is 3. The zero-order valence-corrected chi connectivity index (χ0v) is 11.9. The molecular weight excluding hydrogens is 293 g/mol. The lowest BCUT2D eigenvalue weighted by Crippen LogP contribution is -2.48. The minimum Gasteiger partial charge on any atom is -0.406 e. The van der Waals surface area contributed by atoms with Gasteiger partial charge in [0.05, 0.1) is 0 Å². The number of nitrogens with zero attached hydrogens (tertiary/aromatic N) is 1. The number of piperazine rings is 1. The van der Waals surface area contributed by atoms with Crippen LogP contribution in [0.4, 0.5) is 13.2 Å². The number of halogens is 4. The number of nitrogens with one attached hydrogen (secondary N) is 1. The number of benzene rings is 1. The molecule has 0 saturated carbocycles. The molecule has 1 aromatic rings. The van der Waals surface area contributed by atoms with Crippen molar-refractivity contribution in [2.75, 3.05) is 19.6 Å². The Bertz CT molecular complexity index is 411. The molecule has 1 heterocycles. The van der Waals surface area contributed by atoms with Gasteiger partial charge < -0.3 is 10.1 Å². The normalized spacial score (nSPS) is 20.3. The molecule has 20 heavy (non-hydrogen) atoms. The van der Waals surface area contributed by atoms with Crippen molar-refractivity contribution in [2.45, 2.75) is 25.9 Å². The van der Waals surface area contributed by atoms with Crippen molar-refractivity contribution in [3.05, 3.63) is 29.8 Å². The molecule has 1 aliphatic rings. The van der Waals surface area contributed by atoms with Crippen molar-refractivity contribution in [1.82, 2.24) is 10.2 Å². The van der Waals surface area contributed by atoms with Crippen LogP contribution in [0.3, 0.4) is 0 Å². The maximum atomic E-state index is 12.0. The summed E-state index contributed by atoms with van der Waals surface area (Å²) in [5, 5.41) is 3.35. The molecule has 114 valence electrons. The van der Waals surface area contributed by atoms with Crippen molar-refractivity contribution >= 4 is 12.4 Å². The van der Waals surface area contributed by atoms with Gasteiger partial charge in [0.25, 0.3) is 0 Å². The number of hydrogen-bond acceptors (Lipinski definition) is 3. The Kier molecular flexibility index (Phi) is 6.10. The third kappa shape index (κ3) is 5.56. The van der Waals surface area contributed by atoms with Crippen LogP contribution in [0.25, 0.3) is 0 Å². The van der Waals surface area contributed by atoms with Crippen LogP contribution in [0.1, 0.15) is 12.5 Å². The van der Waals surface area contributed by atoms with Crippen molar-refractivity contribution in [3.8, 4) is 5.75 Å². The Labute approximate surface area is 122 Å². The van der Waals surface area contributed by atoms with E-state index >= 15 is 0 Å². The van der Waals surface area contributed by atoms with Gasteiger partial charge in [0.1, 0.15) is 5.75 Å². The van der Waals surface area contributed by atoms with E-state index in [4.69, 9.17) is 0 Å². The van der Waals surface area contributed by atoms with E-state index in [0.717, 1.165) is 31.7 Å². The Morgan fingerprint density at radius 2 is 1.95 bits per heavy atom. The predicted octanol–water partition coefficient (Wildman–Crippen LogP) is 2.80. The fourth-order valence-corrected chi connectivity index (χ4v) is 2.21. The van der Waals surface area contributed by atoms with Gasteiger partial charge in [0.2, 0.25) is 0 Å². The van der Waals surface area contributed by atoms with Crippen LogP contribution in [0.15, 0.2) is 24.3 Å². The highest BCUT2D eigenvalue weighted by molar-refractivity contribution is 5.85. The summed E-state index contributed by atoms with van der Waals surface area (Å²) in [5.74, 6) is -0.176. The smallest absolute Gasteiger partial charge is 0.406 e. The van der Waals surface area contributed by atoms with E-state index in [9.17, 15) is 13.2 Å². The second kappa shape index (κ2) is 7.15. The molecule has 1 aliphatic heterocycles. The summed E-state index contributed by atoms with van der Waals surface area (Å²) in [5.41, 5.74) is 0.989. The summed E-state index contributed by atoms with van der Waals surface area (Å²) >= 11 is 0. The molecule has 1 N–H and O–H groups in total. The fourth-order valence-electron chi connectivity index (χ4n) is 2.21. The first kappa shape index (κ1) is 17.1. The Morgan fingerprint density at radius 1 is 1.30 bits per heavy atom. The molecule has 0 aromatic heterocycles. The Balaban J connectivity index is 0.00000200. The average Bonchev–Trinajstić information content (AvgIpc) is 2.30. The summed E-state index contributed by atoms with van der Waals surface area (Å²) in [6, 6.07) is 6.51. The first-order valence-corrected chi connectivity index (χ1v) is 6.23. The van der Waals surface area contributed by atoms with E-state index < -0.39 is 6.36 Å². The second-order valence-electron chi connectivity index (χ2n) is 4.78. The van der Waals surface area contributed by atoms with Gasteiger partial charge in [-0.05, 0) is 24.6 Å². The summed E-state index contributed by atoms with van der Waals surface area (Å²) in [7, 11) is 0. The maximum absolute atomic E-state index is 12.0. The lowest BCUT2D eigenvalue weighted by Gasteiger charge is -2.31. The fraction of sp³-hybridized carbons (Fsp3) is 0.538. The average molecular weight is 311 g/mol. The molecule has 2 rings (SSSR count). The molecule has 1 aromatic carbocycles. The van der Waals surface area contributed by atoms with E-state index in [2.05, 4.69) is 21.9 Å². The molecule has 1 fully saturated rings.